The number of fused-ring (bicyclic) bond motifs is 1. The van der Waals surface area contributed by atoms with Gasteiger partial charge in [-0.2, -0.15) is 0 Å². The second kappa shape index (κ2) is 7.50. The first-order valence-corrected chi connectivity index (χ1v) is 7.41. The fourth-order valence-corrected chi connectivity index (χ4v) is 2.49. The van der Waals surface area contributed by atoms with Gasteiger partial charge < -0.3 is 14.0 Å². The van der Waals surface area contributed by atoms with E-state index in [4.69, 9.17) is 21.1 Å². The van der Waals surface area contributed by atoms with Crippen molar-refractivity contribution in [3.63, 3.8) is 0 Å². The molecule has 4 nitrogen and oxygen atoms in total. The minimum absolute atomic E-state index is 0.582. The van der Waals surface area contributed by atoms with Crippen LogP contribution in [0, 0.1) is 0 Å². The Morgan fingerprint density at radius 2 is 2.10 bits per heavy atom. The van der Waals surface area contributed by atoms with Crippen molar-refractivity contribution in [2.75, 3.05) is 26.7 Å². The predicted molar refractivity (Wildman–Crippen MR) is 81.8 cm³/mol. The van der Waals surface area contributed by atoms with E-state index in [1.807, 2.05) is 18.2 Å². The van der Waals surface area contributed by atoms with Crippen LogP contribution in [0.5, 0.6) is 5.75 Å². The summed E-state index contributed by atoms with van der Waals surface area (Å²) in [6.07, 6.45) is 2.88. The molecule has 0 radical (unpaired) electrons. The zero-order chi connectivity index (χ0) is 14.4. The first-order valence-electron chi connectivity index (χ1n) is 6.88. The summed E-state index contributed by atoms with van der Waals surface area (Å²) in [7, 11) is 3.41. The molecule has 20 heavy (non-hydrogen) atoms. The van der Waals surface area contributed by atoms with E-state index in [-0.39, 0.29) is 0 Å². The Morgan fingerprint density at radius 1 is 1.25 bits per heavy atom. The van der Waals surface area contributed by atoms with Gasteiger partial charge in [-0.05, 0) is 25.0 Å². The average Bonchev–Trinajstić information content (AvgIpc) is 2.81. The highest BCUT2D eigenvalue weighted by Gasteiger charge is 2.11. The smallest absolute Gasteiger partial charge is 0.121 e. The molecule has 2 aromatic rings. The number of alkyl halides is 1. The quantitative estimate of drug-likeness (QED) is 0.554. The molecule has 0 spiro atoms. The molecule has 0 N–H and O–H groups in total. The highest BCUT2D eigenvalue weighted by atomic mass is 35.5. The molecule has 0 saturated carbocycles. The molecule has 1 aromatic heterocycles. The van der Waals surface area contributed by atoms with E-state index in [2.05, 4.69) is 9.55 Å². The van der Waals surface area contributed by atoms with Crippen LogP contribution in [-0.2, 0) is 17.7 Å². The number of aryl methyl sites for hydroxylation is 2. The predicted octanol–water partition coefficient (Wildman–Crippen LogP) is 3.25. The summed E-state index contributed by atoms with van der Waals surface area (Å²) >= 11 is 5.88. The number of hydrogen-bond donors (Lipinski definition) is 0. The molecule has 0 bridgehead atoms. The highest BCUT2D eigenvalue weighted by Crippen LogP contribution is 2.23. The molecule has 0 aliphatic rings. The maximum atomic E-state index is 5.88. The fourth-order valence-electron chi connectivity index (χ4n) is 2.32. The first-order chi connectivity index (χ1) is 9.80. The number of benzene rings is 1. The van der Waals surface area contributed by atoms with Crippen molar-refractivity contribution < 1.29 is 9.47 Å². The van der Waals surface area contributed by atoms with Crippen molar-refractivity contribution in [2.45, 2.75) is 25.8 Å². The Labute approximate surface area is 124 Å². The Bertz CT molecular complexity index is 554. The Kier molecular flexibility index (Phi) is 5.68. The van der Waals surface area contributed by atoms with E-state index < -0.39 is 0 Å². The number of methoxy groups -OCH3 is 2. The van der Waals surface area contributed by atoms with Gasteiger partial charge in [0.05, 0.1) is 18.1 Å². The first kappa shape index (κ1) is 15.1. The van der Waals surface area contributed by atoms with Crippen LogP contribution in [0.15, 0.2) is 18.2 Å². The van der Waals surface area contributed by atoms with Crippen molar-refractivity contribution in [3.05, 3.63) is 24.0 Å². The minimum Gasteiger partial charge on any atom is -0.497 e. The van der Waals surface area contributed by atoms with E-state index in [1.165, 1.54) is 0 Å². The van der Waals surface area contributed by atoms with Gasteiger partial charge in [-0.1, -0.05) is 0 Å². The second-order valence-electron chi connectivity index (χ2n) is 4.67. The van der Waals surface area contributed by atoms with Crippen molar-refractivity contribution in [2.24, 2.45) is 0 Å². The van der Waals surface area contributed by atoms with Gasteiger partial charge in [0.15, 0.2) is 0 Å². The third-order valence-corrected chi connectivity index (χ3v) is 3.52. The normalized spacial score (nSPS) is 11.2. The van der Waals surface area contributed by atoms with E-state index >= 15 is 0 Å². The number of unbranched alkanes of at least 4 members (excludes halogenated alkanes) is 1. The zero-order valence-corrected chi connectivity index (χ0v) is 12.8. The molecule has 0 fully saturated rings. The van der Waals surface area contributed by atoms with Gasteiger partial charge in [-0.25, -0.2) is 4.98 Å². The molecule has 2 rings (SSSR count). The molecule has 5 heteroatoms. The highest BCUT2D eigenvalue weighted by molar-refractivity contribution is 6.17. The van der Waals surface area contributed by atoms with Crippen molar-refractivity contribution >= 4 is 22.6 Å². The summed E-state index contributed by atoms with van der Waals surface area (Å²) in [5, 5.41) is 0. The van der Waals surface area contributed by atoms with Gasteiger partial charge in [-0.15, -0.1) is 11.6 Å². The van der Waals surface area contributed by atoms with Crippen molar-refractivity contribution in [1.82, 2.24) is 9.55 Å². The summed E-state index contributed by atoms with van der Waals surface area (Å²) in [4.78, 5) is 4.67. The van der Waals surface area contributed by atoms with Crippen LogP contribution >= 0.6 is 11.6 Å². The number of aromatic nitrogens is 2. The Hall–Kier alpha value is -1.26. The standard InChI is InChI=1S/C15H21ClN2O2/c1-19-10-4-3-9-18-14-11-12(20-2)5-6-13(14)17-15(18)7-8-16/h5-6,11H,3-4,7-10H2,1-2H3. The van der Waals surface area contributed by atoms with Gasteiger partial charge in [0.2, 0.25) is 0 Å². The van der Waals surface area contributed by atoms with Gasteiger partial charge in [0.25, 0.3) is 0 Å². The largest absolute Gasteiger partial charge is 0.497 e. The number of ether oxygens (including phenoxy) is 2. The molecule has 0 unspecified atom stereocenters. The molecule has 0 saturated heterocycles. The summed E-state index contributed by atoms with van der Waals surface area (Å²) in [5.41, 5.74) is 2.11. The summed E-state index contributed by atoms with van der Waals surface area (Å²) in [6, 6.07) is 5.98. The van der Waals surface area contributed by atoms with E-state index in [1.54, 1.807) is 14.2 Å². The van der Waals surface area contributed by atoms with Crippen LogP contribution in [0.25, 0.3) is 11.0 Å². The lowest BCUT2D eigenvalue weighted by molar-refractivity contribution is 0.191. The topological polar surface area (TPSA) is 36.3 Å². The minimum atomic E-state index is 0.582. The Morgan fingerprint density at radius 3 is 2.80 bits per heavy atom. The monoisotopic (exact) mass is 296 g/mol. The molecular weight excluding hydrogens is 276 g/mol. The van der Waals surface area contributed by atoms with Gasteiger partial charge >= 0.3 is 0 Å². The molecule has 1 heterocycles. The Balaban J connectivity index is 2.28. The molecule has 0 aliphatic carbocycles. The lowest BCUT2D eigenvalue weighted by Gasteiger charge is -2.09. The molecule has 110 valence electrons. The second-order valence-corrected chi connectivity index (χ2v) is 5.05. The third-order valence-electron chi connectivity index (χ3n) is 3.33. The van der Waals surface area contributed by atoms with Crippen LogP contribution in [-0.4, -0.2) is 36.3 Å². The summed E-state index contributed by atoms with van der Waals surface area (Å²) in [6.45, 7) is 1.72. The third kappa shape index (κ3) is 3.44. The number of rotatable bonds is 8. The molecule has 0 amide bonds. The van der Waals surface area contributed by atoms with Crippen LogP contribution in [0.1, 0.15) is 18.7 Å². The molecule has 1 aromatic carbocycles. The van der Waals surface area contributed by atoms with E-state index in [0.717, 1.165) is 55.0 Å². The summed E-state index contributed by atoms with van der Waals surface area (Å²) < 4.78 is 12.6. The molecule has 0 aliphatic heterocycles. The van der Waals surface area contributed by atoms with Gasteiger partial charge in [-0.3, -0.25) is 0 Å². The van der Waals surface area contributed by atoms with Crippen molar-refractivity contribution in [3.8, 4) is 5.75 Å². The molecule has 0 atom stereocenters. The van der Waals surface area contributed by atoms with Crippen LogP contribution in [0.4, 0.5) is 0 Å². The van der Waals surface area contributed by atoms with Gasteiger partial charge in [0, 0.05) is 38.6 Å². The number of hydrogen-bond acceptors (Lipinski definition) is 3. The fraction of sp³-hybridized carbons (Fsp3) is 0.533. The lowest BCUT2D eigenvalue weighted by atomic mass is 10.2. The summed E-state index contributed by atoms with van der Waals surface area (Å²) in [5.74, 6) is 2.48. The lowest BCUT2D eigenvalue weighted by Crippen LogP contribution is -2.06. The van der Waals surface area contributed by atoms with Crippen LogP contribution < -0.4 is 4.74 Å². The van der Waals surface area contributed by atoms with E-state index in [9.17, 15) is 0 Å². The SMILES string of the molecule is COCCCCn1c(CCCl)nc2ccc(OC)cc21. The number of imidazole rings is 1. The van der Waals surface area contributed by atoms with Crippen LogP contribution in [0.3, 0.4) is 0 Å². The van der Waals surface area contributed by atoms with Crippen molar-refractivity contribution in [1.29, 1.82) is 0 Å². The molecular formula is C15H21ClN2O2. The number of halogens is 1. The average molecular weight is 297 g/mol. The van der Waals surface area contributed by atoms with Gasteiger partial charge in [0.1, 0.15) is 11.6 Å². The van der Waals surface area contributed by atoms with E-state index in [0.29, 0.717) is 5.88 Å². The number of nitrogens with zero attached hydrogens (tertiary/aromatic N) is 2. The zero-order valence-electron chi connectivity index (χ0n) is 12.1. The maximum absolute atomic E-state index is 5.88. The maximum Gasteiger partial charge on any atom is 0.121 e. The van der Waals surface area contributed by atoms with Crippen LogP contribution in [0.2, 0.25) is 0 Å².